The van der Waals surface area contributed by atoms with E-state index in [1.807, 2.05) is 7.05 Å². The predicted molar refractivity (Wildman–Crippen MR) is 48.7 cm³/mol. The molecule has 0 saturated carbocycles. The molecule has 1 aliphatic heterocycles. The van der Waals surface area contributed by atoms with E-state index in [0.717, 1.165) is 18.7 Å². The second-order valence-corrected chi connectivity index (χ2v) is 3.25. The van der Waals surface area contributed by atoms with Crippen molar-refractivity contribution < 1.29 is 9.25 Å². The first kappa shape index (κ1) is 9.14. The van der Waals surface area contributed by atoms with E-state index in [-0.39, 0.29) is 6.04 Å². The summed E-state index contributed by atoms with van der Waals surface area (Å²) < 4.78 is 5.15. The fraction of sp³-hybridized carbons (Fsp3) is 0.625. The fourth-order valence-electron chi connectivity index (χ4n) is 1.64. The van der Waals surface area contributed by atoms with Crippen LogP contribution < -0.4 is 0 Å². The van der Waals surface area contributed by atoms with Gasteiger partial charge in [-0.05, 0) is 7.05 Å². The smallest absolute Gasteiger partial charge is 0.233 e. The summed E-state index contributed by atoms with van der Waals surface area (Å²) in [5.41, 5.74) is 0.998. The molecule has 6 heteroatoms. The Kier molecular flexibility index (Phi) is 2.45. The summed E-state index contributed by atoms with van der Waals surface area (Å²) in [6, 6.07) is 0.131. The molecular weight excluding hydrogens is 184 g/mol. The van der Waals surface area contributed by atoms with E-state index in [1.54, 1.807) is 7.11 Å². The van der Waals surface area contributed by atoms with Crippen molar-refractivity contribution in [3.63, 3.8) is 0 Å². The van der Waals surface area contributed by atoms with Gasteiger partial charge in [0.05, 0.1) is 11.8 Å². The predicted octanol–water partition coefficient (Wildman–Crippen LogP) is 0.449. The molecule has 0 radical (unpaired) electrons. The molecule has 1 aliphatic rings. The number of likely N-dealkylation sites (tertiary alicyclic amines) is 1. The maximum atomic E-state index is 5.15. The molecule has 2 rings (SSSR count). The lowest BCUT2D eigenvalue weighted by molar-refractivity contribution is 0.212. The molecule has 0 amide bonds. The van der Waals surface area contributed by atoms with E-state index in [1.165, 1.54) is 6.39 Å². The molecule has 1 aromatic rings. The molecular formula is C8H12N4O2. The highest BCUT2D eigenvalue weighted by atomic mass is 16.6. The first-order valence-electron chi connectivity index (χ1n) is 4.36. The lowest BCUT2D eigenvalue weighted by atomic mass is 10.2. The summed E-state index contributed by atoms with van der Waals surface area (Å²) in [5, 5.41) is 11.5. The molecule has 2 heterocycles. The lowest BCUT2D eigenvalue weighted by Gasteiger charge is -2.13. The molecule has 1 unspecified atom stereocenters. The molecule has 0 spiro atoms. The summed E-state index contributed by atoms with van der Waals surface area (Å²) in [6.45, 7) is 0.779. The van der Waals surface area contributed by atoms with Crippen molar-refractivity contribution in [2.24, 2.45) is 5.16 Å². The van der Waals surface area contributed by atoms with Crippen molar-refractivity contribution in [3.05, 3.63) is 12.3 Å². The molecule has 76 valence electrons. The number of hydrogen-bond donors (Lipinski definition) is 0. The van der Waals surface area contributed by atoms with Crippen LogP contribution in [0.3, 0.4) is 0 Å². The number of nitrogens with zero attached hydrogens (tertiary/aromatic N) is 4. The number of hydrogen-bond acceptors (Lipinski definition) is 6. The molecule has 6 nitrogen and oxygen atoms in total. The zero-order valence-corrected chi connectivity index (χ0v) is 8.17. The summed E-state index contributed by atoms with van der Waals surface area (Å²) in [7, 11) is 3.54. The van der Waals surface area contributed by atoms with Crippen LogP contribution in [0.15, 0.2) is 16.0 Å². The third kappa shape index (κ3) is 1.60. The molecule has 1 atom stereocenters. The Morgan fingerprint density at radius 2 is 2.57 bits per heavy atom. The monoisotopic (exact) mass is 196 g/mol. The normalized spacial score (nSPS) is 25.9. The Morgan fingerprint density at radius 1 is 1.71 bits per heavy atom. The third-order valence-corrected chi connectivity index (χ3v) is 2.28. The van der Waals surface area contributed by atoms with Gasteiger partial charge in [0, 0.05) is 13.0 Å². The molecule has 1 aromatic heterocycles. The maximum absolute atomic E-state index is 5.15. The Morgan fingerprint density at radius 3 is 3.21 bits per heavy atom. The van der Waals surface area contributed by atoms with Crippen LogP contribution in [0, 0.1) is 0 Å². The van der Waals surface area contributed by atoms with Crippen LogP contribution in [-0.4, -0.2) is 41.5 Å². The second-order valence-electron chi connectivity index (χ2n) is 3.25. The van der Waals surface area contributed by atoms with E-state index in [2.05, 4.69) is 20.3 Å². The highest BCUT2D eigenvalue weighted by Crippen LogP contribution is 2.27. The highest BCUT2D eigenvalue weighted by Gasteiger charge is 2.31. The van der Waals surface area contributed by atoms with Gasteiger partial charge in [-0.3, -0.25) is 4.90 Å². The van der Waals surface area contributed by atoms with E-state index in [9.17, 15) is 0 Å². The van der Waals surface area contributed by atoms with E-state index < -0.39 is 0 Å². The zero-order chi connectivity index (χ0) is 9.97. The maximum Gasteiger partial charge on any atom is 0.233 e. The minimum atomic E-state index is 0.131. The van der Waals surface area contributed by atoms with Gasteiger partial charge in [0.2, 0.25) is 12.3 Å². The fourth-order valence-corrected chi connectivity index (χ4v) is 1.64. The Labute approximate surface area is 81.5 Å². The molecule has 1 fully saturated rings. The summed E-state index contributed by atoms with van der Waals surface area (Å²) in [5.74, 6) is 0.633. The topological polar surface area (TPSA) is 63.8 Å². The summed E-state index contributed by atoms with van der Waals surface area (Å²) >= 11 is 0. The molecule has 1 saturated heterocycles. The van der Waals surface area contributed by atoms with Crippen molar-refractivity contribution >= 4 is 5.71 Å². The van der Waals surface area contributed by atoms with Crippen molar-refractivity contribution in [3.8, 4) is 0 Å². The molecule has 0 N–H and O–H groups in total. The molecule has 0 bridgehead atoms. The van der Waals surface area contributed by atoms with Gasteiger partial charge < -0.3 is 9.25 Å². The van der Waals surface area contributed by atoms with E-state index >= 15 is 0 Å². The minimum absolute atomic E-state index is 0.131. The quantitative estimate of drug-likeness (QED) is 0.642. The van der Waals surface area contributed by atoms with E-state index in [0.29, 0.717) is 5.89 Å². The van der Waals surface area contributed by atoms with Gasteiger partial charge in [0.15, 0.2) is 0 Å². The first-order chi connectivity index (χ1) is 6.81. The van der Waals surface area contributed by atoms with Crippen molar-refractivity contribution in [2.75, 3.05) is 20.7 Å². The molecule has 14 heavy (non-hydrogen) atoms. The first-order valence-corrected chi connectivity index (χ1v) is 4.36. The standard InChI is InChI=1S/C8H12N4O2/c1-12-4-6(11-13-2)3-7(12)8-10-9-5-14-8/h5,7H,3-4H2,1-2H3. The van der Waals surface area contributed by atoms with Crippen LogP contribution in [-0.2, 0) is 4.84 Å². The summed E-state index contributed by atoms with van der Waals surface area (Å²) in [6.07, 6.45) is 2.13. The van der Waals surface area contributed by atoms with Crippen LogP contribution in [0.2, 0.25) is 0 Å². The molecule has 0 aromatic carbocycles. The van der Waals surface area contributed by atoms with Gasteiger partial charge in [-0.15, -0.1) is 10.2 Å². The highest BCUT2D eigenvalue weighted by molar-refractivity contribution is 5.88. The Bertz CT molecular complexity index is 322. The SMILES string of the molecule is CON=C1CC(c2nnco2)N(C)C1. The molecule has 0 aliphatic carbocycles. The second kappa shape index (κ2) is 3.75. The minimum Gasteiger partial charge on any atom is -0.426 e. The Hall–Kier alpha value is -1.43. The third-order valence-electron chi connectivity index (χ3n) is 2.28. The van der Waals surface area contributed by atoms with Crippen LogP contribution in [0.5, 0.6) is 0 Å². The number of rotatable bonds is 2. The van der Waals surface area contributed by atoms with Gasteiger partial charge in [-0.1, -0.05) is 5.16 Å². The summed E-state index contributed by atoms with van der Waals surface area (Å²) in [4.78, 5) is 6.84. The van der Waals surface area contributed by atoms with Crippen molar-refractivity contribution in [1.82, 2.24) is 15.1 Å². The van der Waals surface area contributed by atoms with Gasteiger partial charge >= 0.3 is 0 Å². The van der Waals surface area contributed by atoms with Gasteiger partial charge in [-0.25, -0.2) is 0 Å². The van der Waals surface area contributed by atoms with Crippen LogP contribution in [0.1, 0.15) is 18.4 Å². The number of aromatic nitrogens is 2. The van der Waals surface area contributed by atoms with Gasteiger partial charge in [-0.2, -0.15) is 0 Å². The average molecular weight is 196 g/mol. The van der Waals surface area contributed by atoms with E-state index in [4.69, 9.17) is 9.25 Å². The zero-order valence-electron chi connectivity index (χ0n) is 8.17. The average Bonchev–Trinajstić information content (AvgIpc) is 2.74. The van der Waals surface area contributed by atoms with Crippen molar-refractivity contribution in [1.29, 1.82) is 0 Å². The number of oxime groups is 1. The Balaban J connectivity index is 2.12. The van der Waals surface area contributed by atoms with Crippen LogP contribution in [0.25, 0.3) is 0 Å². The lowest BCUT2D eigenvalue weighted by Crippen LogP contribution is -2.18. The van der Waals surface area contributed by atoms with Crippen molar-refractivity contribution in [2.45, 2.75) is 12.5 Å². The largest absolute Gasteiger partial charge is 0.426 e. The van der Waals surface area contributed by atoms with Crippen LogP contribution in [0.4, 0.5) is 0 Å². The van der Waals surface area contributed by atoms with Crippen LogP contribution >= 0.6 is 0 Å². The van der Waals surface area contributed by atoms with Gasteiger partial charge in [0.25, 0.3) is 0 Å². The van der Waals surface area contributed by atoms with Gasteiger partial charge in [0.1, 0.15) is 7.11 Å².